The zero-order valence-electron chi connectivity index (χ0n) is 13.9. The van der Waals surface area contributed by atoms with Gasteiger partial charge in [0.2, 0.25) is 0 Å². The minimum Gasteiger partial charge on any atom is -0.511 e. The highest BCUT2D eigenvalue weighted by atomic mass is 32.1. The van der Waals surface area contributed by atoms with E-state index in [0.717, 1.165) is 10.4 Å². The Labute approximate surface area is 146 Å². The lowest BCUT2D eigenvalue weighted by molar-refractivity contribution is -0.117. The van der Waals surface area contributed by atoms with Crippen LogP contribution in [0.1, 0.15) is 43.2 Å². The zero-order valence-corrected chi connectivity index (χ0v) is 14.7. The summed E-state index contributed by atoms with van der Waals surface area (Å²) in [5, 5.41) is 12.3. The smallest absolute Gasteiger partial charge is 0.168 e. The molecule has 0 spiro atoms. The van der Waals surface area contributed by atoms with E-state index in [4.69, 9.17) is 0 Å². The minimum atomic E-state index is -0.189. The third-order valence-electron chi connectivity index (χ3n) is 4.18. The van der Waals surface area contributed by atoms with Gasteiger partial charge in [-0.2, -0.15) is 0 Å². The Hall–Kier alpha value is -2.20. The third kappa shape index (κ3) is 3.65. The first kappa shape index (κ1) is 16.7. The largest absolute Gasteiger partial charge is 0.511 e. The van der Waals surface area contributed by atoms with E-state index in [0.29, 0.717) is 18.4 Å². The monoisotopic (exact) mass is 339 g/mol. The van der Waals surface area contributed by atoms with Crippen LogP contribution >= 0.6 is 11.3 Å². The van der Waals surface area contributed by atoms with Gasteiger partial charge in [0.1, 0.15) is 11.8 Å². The molecule has 2 aromatic rings. The number of aliphatic hydroxyl groups is 1. The fraction of sp³-hybridized carbons (Fsp3) is 0.300. The summed E-state index contributed by atoms with van der Waals surface area (Å²) in [5.41, 5.74) is 1.23. The van der Waals surface area contributed by atoms with Crippen molar-refractivity contribution in [1.29, 1.82) is 0 Å². The molecule has 1 N–H and O–H groups in total. The number of aliphatic imine (C=N–C) groups is 1. The average molecular weight is 339 g/mol. The van der Waals surface area contributed by atoms with Crippen molar-refractivity contribution in [1.82, 2.24) is 0 Å². The summed E-state index contributed by atoms with van der Waals surface area (Å²) >= 11 is 1.64. The van der Waals surface area contributed by atoms with E-state index in [1.807, 2.05) is 61.7 Å². The number of Topliss-reactive ketones (excluding diaryl/α,β-unsaturated/α-hetero) is 1. The number of carbonyl (C=O) groups excluding carboxylic acids is 1. The number of aliphatic hydroxyl groups excluding tert-OH is 1. The van der Waals surface area contributed by atoms with E-state index in [1.165, 1.54) is 0 Å². The first-order valence-corrected chi connectivity index (χ1v) is 8.91. The van der Waals surface area contributed by atoms with Crippen LogP contribution in [0.15, 0.2) is 64.2 Å². The van der Waals surface area contributed by atoms with Crippen LogP contribution in [0, 0.1) is 5.41 Å². The maximum Gasteiger partial charge on any atom is 0.168 e. The fourth-order valence-corrected chi connectivity index (χ4v) is 3.80. The van der Waals surface area contributed by atoms with Gasteiger partial charge >= 0.3 is 0 Å². The maximum atomic E-state index is 12.3. The van der Waals surface area contributed by atoms with E-state index in [1.54, 1.807) is 17.6 Å². The molecule has 1 aliphatic carbocycles. The van der Waals surface area contributed by atoms with Gasteiger partial charge in [-0.3, -0.25) is 9.79 Å². The van der Waals surface area contributed by atoms with Crippen LogP contribution in [0.5, 0.6) is 0 Å². The second kappa shape index (κ2) is 6.73. The number of ketones is 1. The molecule has 0 aliphatic heterocycles. The molecule has 0 saturated heterocycles. The Bertz CT molecular complexity index is 773. The second-order valence-corrected chi connectivity index (χ2v) is 7.89. The number of nitrogens with zero attached hydrogens (tertiary/aromatic N) is 1. The highest BCUT2D eigenvalue weighted by Crippen LogP contribution is 2.36. The molecular weight excluding hydrogens is 318 g/mol. The van der Waals surface area contributed by atoms with E-state index >= 15 is 0 Å². The van der Waals surface area contributed by atoms with Gasteiger partial charge in [-0.1, -0.05) is 50.2 Å². The molecule has 1 atom stereocenters. The molecule has 1 aliphatic rings. The second-order valence-electron chi connectivity index (χ2n) is 6.91. The first-order chi connectivity index (χ1) is 11.5. The third-order valence-corrected chi connectivity index (χ3v) is 5.10. The van der Waals surface area contributed by atoms with Crippen LogP contribution in [0.2, 0.25) is 0 Å². The van der Waals surface area contributed by atoms with Crippen LogP contribution in [0.25, 0.3) is 0 Å². The molecule has 0 radical (unpaired) electrons. The lowest BCUT2D eigenvalue weighted by atomic mass is 9.77. The summed E-state index contributed by atoms with van der Waals surface area (Å²) in [6.07, 6.45) is 2.51. The fourth-order valence-electron chi connectivity index (χ4n) is 3.00. The van der Waals surface area contributed by atoms with Crippen molar-refractivity contribution >= 4 is 23.3 Å². The van der Waals surface area contributed by atoms with Crippen molar-refractivity contribution in [2.45, 2.75) is 32.7 Å². The van der Waals surface area contributed by atoms with Crippen molar-refractivity contribution in [2.75, 3.05) is 0 Å². The molecule has 1 aromatic heterocycles. The maximum absolute atomic E-state index is 12.3. The Morgan fingerprint density at radius 1 is 1.17 bits per heavy atom. The summed E-state index contributed by atoms with van der Waals surface area (Å²) < 4.78 is 0. The normalized spacial score (nSPS) is 19.0. The zero-order chi connectivity index (χ0) is 17.2. The Morgan fingerprint density at radius 2 is 1.92 bits per heavy atom. The van der Waals surface area contributed by atoms with Gasteiger partial charge in [0.25, 0.3) is 0 Å². The van der Waals surface area contributed by atoms with Gasteiger partial charge in [-0.05, 0) is 22.4 Å². The summed E-state index contributed by atoms with van der Waals surface area (Å²) in [6.45, 7) is 3.99. The van der Waals surface area contributed by atoms with Crippen molar-refractivity contribution in [3.05, 3.63) is 69.6 Å². The van der Waals surface area contributed by atoms with Gasteiger partial charge in [0, 0.05) is 23.9 Å². The molecule has 0 fully saturated rings. The molecule has 3 rings (SSSR count). The highest BCUT2D eigenvalue weighted by molar-refractivity contribution is 7.10. The summed E-state index contributed by atoms with van der Waals surface area (Å²) in [5.74, 6) is 0.114. The molecule has 4 heteroatoms. The van der Waals surface area contributed by atoms with Crippen molar-refractivity contribution < 1.29 is 9.90 Å². The number of hydrogen-bond donors (Lipinski definition) is 1. The molecular formula is C20H21NO2S. The van der Waals surface area contributed by atoms with Crippen LogP contribution in [-0.4, -0.2) is 17.1 Å². The number of thiophene rings is 1. The topological polar surface area (TPSA) is 49.7 Å². The quantitative estimate of drug-likeness (QED) is 0.787. The Balaban J connectivity index is 1.94. The van der Waals surface area contributed by atoms with Crippen LogP contribution in [0.3, 0.4) is 0 Å². The molecule has 24 heavy (non-hydrogen) atoms. The van der Waals surface area contributed by atoms with E-state index in [9.17, 15) is 9.90 Å². The SMILES string of the molecule is CC1(C)CC(=O)C(C=N[C@@H](c2ccccc2)c2cccs2)=C(O)C1. The number of carbonyl (C=O) groups is 1. The van der Waals surface area contributed by atoms with Crippen LogP contribution in [-0.2, 0) is 4.79 Å². The lowest BCUT2D eigenvalue weighted by Gasteiger charge is -2.28. The molecule has 1 aromatic carbocycles. The predicted octanol–water partition coefficient (Wildman–Crippen LogP) is 5.11. The predicted molar refractivity (Wildman–Crippen MR) is 98.8 cm³/mol. The van der Waals surface area contributed by atoms with Gasteiger partial charge < -0.3 is 5.11 Å². The minimum absolute atomic E-state index is 0.0366. The van der Waals surface area contributed by atoms with Crippen molar-refractivity contribution in [3.63, 3.8) is 0 Å². The average Bonchev–Trinajstić information content (AvgIpc) is 3.04. The van der Waals surface area contributed by atoms with E-state index < -0.39 is 0 Å². The number of hydrogen-bond acceptors (Lipinski definition) is 4. The number of rotatable bonds is 4. The van der Waals surface area contributed by atoms with Crippen LogP contribution < -0.4 is 0 Å². The van der Waals surface area contributed by atoms with Gasteiger partial charge in [0.15, 0.2) is 5.78 Å². The summed E-state index contributed by atoms with van der Waals surface area (Å²) in [7, 11) is 0. The molecule has 124 valence electrons. The van der Waals surface area contributed by atoms with E-state index in [2.05, 4.69) is 4.99 Å². The standard InChI is InChI=1S/C20H21NO2S/c1-20(2)11-16(22)15(17(23)12-20)13-21-19(18-9-6-10-24-18)14-7-4-3-5-8-14/h3-10,13,19,22H,11-12H2,1-2H3/t19-/m0/s1. The Kier molecular flexibility index (Phi) is 4.67. The van der Waals surface area contributed by atoms with Crippen molar-refractivity contribution in [3.8, 4) is 0 Å². The molecule has 1 heterocycles. The molecule has 0 unspecified atom stereocenters. The molecule has 0 bridgehead atoms. The van der Waals surface area contributed by atoms with E-state index in [-0.39, 0.29) is 23.0 Å². The first-order valence-electron chi connectivity index (χ1n) is 8.03. The van der Waals surface area contributed by atoms with Crippen molar-refractivity contribution in [2.24, 2.45) is 10.4 Å². The number of benzene rings is 1. The lowest BCUT2D eigenvalue weighted by Crippen LogP contribution is -2.26. The molecule has 0 saturated carbocycles. The summed E-state index contributed by atoms with van der Waals surface area (Å²) in [4.78, 5) is 18.1. The van der Waals surface area contributed by atoms with Gasteiger partial charge in [0.05, 0.1) is 5.57 Å². The number of allylic oxidation sites excluding steroid dienone is 2. The summed E-state index contributed by atoms with van der Waals surface area (Å²) in [6, 6.07) is 13.9. The molecule has 3 nitrogen and oxygen atoms in total. The Morgan fingerprint density at radius 3 is 2.54 bits per heavy atom. The van der Waals surface area contributed by atoms with Gasteiger partial charge in [-0.15, -0.1) is 11.3 Å². The molecule has 0 amide bonds. The highest BCUT2D eigenvalue weighted by Gasteiger charge is 2.32. The van der Waals surface area contributed by atoms with Crippen LogP contribution in [0.4, 0.5) is 0 Å². The van der Waals surface area contributed by atoms with Gasteiger partial charge in [-0.25, -0.2) is 0 Å².